The number of rotatable bonds is 4. The van der Waals surface area contributed by atoms with Gasteiger partial charge in [-0.15, -0.1) is 0 Å². The maximum Gasteiger partial charge on any atom is 0.0985 e. The van der Waals surface area contributed by atoms with E-state index in [1.165, 1.54) is 77.5 Å². The maximum atomic E-state index is 5.52. The van der Waals surface area contributed by atoms with Crippen molar-refractivity contribution >= 4 is 32.6 Å². The number of benzene rings is 9. The highest BCUT2D eigenvalue weighted by molar-refractivity contribution is 6.24. The molecule has 0 spiro atoms. The van der Waals surface area contributed by atoms with Crippen LogP contribution in [-0.2, 0) is 10.8 Å². The van der Waals surface area contributed by atoms with E-state index in [0.29, 0.717) is 0 Å². The van der Waals surface area contributed by atoms with E-state index in [4.69, 9.17) is 9.97 Å². The fourth-order valence-corrected chi connectivity index (χ4v) is 10.7. The van der Waals surface area contributed by atoms with Crippen molar-refractivity contribution in [3.8, 4) is 67.0 Å². The molecule has 2 heteroatoms. The van der Waals surface area contributed by atoms with Crippen molar-refractivity contribution in [2.75, 3.05) is 0 Å². The van der Waals surface area contributed by atoms with Gasteiger partial charge in [0.2, 0.25) is 0 Å². The van der Waals surface area contributed by atoms with Gasteiger partial charge in [0.1, 0.15) is 0 Å². The zero-order chi connectivity index (χ0) is 40.3. The Hall–Kier alpha value is -7.16. The molecule has 60 heavy (non-hydrogen) atoms. The fourth-order valence-electron chi connectivity index (χ4n) is 10.7. The zero-order valence-corrected chi connectivity index (χ0v) is 34.2. The molecular formula is C58H42N2. The third-order valence-electron chi connectivity index (χ3n) is 13.7. The molecule has 0 aliphatic heterocycles. The zero-order valence-electron chi connectivity index (χ0n) is 34.2. The Kier molecular flexibility index (Phi) is 7.36. The van der Waals surface area contributed by atoms with E-state index in [1.54, 1.807) is 0 Å². The first-order valence-electron chi connectivity index (χ1n) is 21.1. The lowest BCUT2D eigenvalue weighted by molar-refractivity contribution is 0.660. The third-order valence-corrected chi connectivity index (χ3v) is 13.7. The smallest absolute Gasteiger partial charge is 0.0985 e. The van der Waals surface area contributed by atoms with Crippen LogP contribution in [0.25, 0.3) is 99.6 Å². The maximum absolute atomic E-state index is 5.52. The summed E-state index contributed by atoms with van der Waals surface area (Å²) >= 11 is 0. The SMILES string of the molecule is CC1(C)c2ccccc2-c2ccc(-c3ccc4c(-c5nc6ccccc6nc5-c5ccccc5)c5ccccc5c(-c5cccc6c5-c5ccccc5C6(C)C)c4c3)cc21. The number of nitrogens with zero attached hydrogens (tertiary/aromatic N) is 2. The lowest BCUT2D eigenvalue weighted by Crippen LogP contribution is -2.14. The molecule has 1 aromatic heterocycles. The van der Waals surface area contributed by atoms with Crippen molar-refractivity contribution < 1.29 is 0 Å². The molecule has 0 bridgehead atoms. The van der Waals surface area contributed by atoms with E-state index in [-0.39, 0.29) is 10.8 Å². The minimum absolute atomic E-state index is 0.0965. The first-order valence-corrected chi connectivity index (χ1v) is 21.1. The Morgan fingerprint density at radius 3 is 1.58 bits per heavy atom. The molecule has 0 saturated heterocycles. The predicted molar refractivity (Wildman–Crippen MR) is 251 cm³/mol. The van der Waals surface area contributed by atoms with Crippen molar-refractivity contribution in [3.05, 3.63) is 204 Å². The molecular weight excluding hydrogens is 725 g/mol. The van der Waals surface area contributed by atoms with Gasteiger partial charge in [-0.2, -0.15) is 0 Å². The summed E-state index contributed by atoms with van der Waals surface area (Å²) in [6.07, 6.45) is 0. The average Bonchev–Trinajstić information content (AvgIpc) is 3.67. The number of aromatic nitrogens is 2. The second kappa shape index (κ2) is 12.7. The van der Waals surface area contributed by atoms with Crippen LogP contribution in [0.3, 0.4) is 0 Å². The van der Waals surface area contributed by atoms with Crippen molar-refractivity contribution in [2.24, 2.45) is 0 Å². The molecule has 2 aliphatic rings. The number of hydrogen-bond acceptors (Lipinski definition) is 2. The molecule has 0 N–H and O–H groups in total. The second-order valence-corrected chi connectivity index (χ2v) is 17.7. The largest absolute Gasteiger partial charge is 0.244 e. The van der Waals surface area contributed by atoms with Gasteiger partial charge in [-0.05, 0) is 113 Å². The van der Waals surface area contributed by atoms with Gasteiger partial charge in [-0.25, -0.2) is 9.97 Å². The monoisotopic (exact) mass is 766 g/mol. The Morgan fingerprint density at radius 1 is 0.300 bits per heavy atom. The number of para-hydroxylation sites is 2. The Balaban J connectivity index is 1.21. The van der Waals surface area contributed by atoms with E-state index in [1.807, 2.05) is 6.07 Å². The van der Waals surface area contributed by atoms with Crippen LogP contribution in [0.4, 0.5) is 0 Å². The molecule has 0 unspecified atom stereocenters. The van der Waals surface area contributed by atoms with Crippen LogP contribution in [0.2, 0.25) is 0 Å². The first kappa shape index (κ1) is 34.8. The van der Waals surface area contributed by atoms with E-state index in [2.05, 4.69) is 204 Å². The van der Waals surface area contributed by atoms with E-state index in [9.17, 15) is 0 Å². The molecule has 284 valence electrons. The van der Waals surface area contributed by atoms with Gasteiger partial charge in [0.25, 0.3) is 0 Å². The molecule has 2 aliphatic carbocycles. The van der Waals surface area contributed by atoms with Crippen LogP contribution < -0.4 is 0 Å². The summed E-state index contributed by atoms with van der Waals surface area (Å²) in [6.45, 7) is 9.47. The van der Waals surface area contributed by atoms with Crippen LogP contribution >= 0.6 is 0 Å². The quantitative estimate of drug-likeness (QED) is 0.167. The van der Waals surface area contributed by atoms with E-state index >= 15 is 0 Å². The Labute approximate surface area is 350 Å². The van der Waals surface area contributed by atoms with Crippen LogP contribution in [0.1, 0.15) is 49.9 Å². The molecule has 10 aromatic rings. The fraction of sp³-hybridized carbons (Fsp3) is 0.103. The summed E-state index contributed by atoms with van der Waals surface area (Å²) < 4.78 is 0. The summed E-state index contributed by atoms with van der Waals surface area (Å²) in [5, 5.41) is 4.72. The van der Waals surface area contributed by atoms with Gasteiger partial charge in [-0.3, -0.25) is 0 Å². The topological polar surface area (TPSA) is 25.8 Å². The normalized spacial score (nSPS) is 14.3. The minimum atomic E-state index is -0.126. The molecule has 0 saturated carbocycles. The molecule has 0 fully saturated rings. The molecule has 1 heterocycles. The van der Waals surface area contributed by atoms with Crippen molar-refractivity contribution in [3.63, 3.8) is 0 Å². The van der Waals surface area contributed by atoms with Crippen molar-refractivity contribution in [2.45, 2.75) is 38.5 Å². The highest BCUT2D eigenvalue weighted by atomic mass is 14.8. The van der Waals surface area contributed by atoms with Gasteiger partial charge in [-0.1, -0.05) is 185 Å². The predicted octanol–water partition coefficient (Wildman–Crippen LogP) is 15.2. The number of fused-ring (bicyclic) bond motifs is 9. The molecule has 12 rings (SSSR count). The highest BCUT2D eigenvalue weighted by Gasteiger charge is 2.38. The molecule has 0 atom stereocenters. The van der Waals surface area contributed by atoms with Crippen LogP contribution in [-0.4, -0.2) is 9.97 Å². The molecule has 0 amide bonds. The molecule has 2 nitrogen and oxygen atoms in total. The Bertz CT molecular complexity index is 3430. The summed E-state index contributed by atoms with van der Waals surface area (Å²) in [7, 11) is 0. The summed E-state index contributed by atoms with van der Waals surface area (Å²) in [6, 6.07) is 66.9. The van der Waals surface area contributed by atoms with Crippen LogP contribution in [0.15, 0.2) is 182 Å². The van der Waals surface area contributed by atoms with Gasteiger partial charge >= 0.3 is 0 Å². The Morgan fingerprint density at radius 2 is 0.817 bits per heavy atom. The standard InChI is InChI=1S/C58H42N2/c1-57(2)47-25-13-11-22-43(47)53-44(23-16-26-48(53)57)52-40-20-8-9-21-41(40)54(56-55(35-17-6-5-7-18-35)59-50-27-14-15-28-51(50)60-56)42-32-30-36(33-45(42)52)37-29-31-39-38-19-10-12-24-46(38)58(3,4)49(39)34-37/h5-34H,1-4H3. The lowest BCUT2D eigenvalue weighted by Gasteiger charge is -2.23. The minimum Gasteiger partial charge on any atom is -0.244 e. The van der Waals surface area contributed by atoms with E-state index in [0.717, 1.165) is 44.3 Å². The second-order valence-electron chi connectivity index (χ2n) is 17.7. The first-order chi connectivity index (χ1) is 29.3. The highest BCUT2D eigenvalue weighted by Crippen LogP contribution is 2.55. The number of hydrogen-bond donors (Lipinski definition) is 0. The average molecular weight is 767 g/mol. The van der Waals surface area contributed by atoms with Crippen LogP contribution in [0.5, 0.6) is 0 Å². The van der Waals surface area contributed by atoms with Gasteiger partial charge in [0, 0.05) is 22.0 Å². The van der Waals surface area contributed by atoms with Crippen molar-refractivity contribution in [1.29, 1.82) is 0 Å². The summed E-state index contributed by atoms with van der Waals surface area (Å²) in [4.78, 5) is 10.9. The van der Waals surface area contributed by atoms with Crippen LogP contribution in [0, 0.1) is 0 Å². The lowest BCUT2D eigenvalue weighted by atomic mass is 9.80. The van der Waals surface area contributed by atoms with Crippen molar-refractivity contribution in [1.82, 2.24) is 9.97 Å². The van der Waals surface area contributed by atoms with E-state index < -0.39 is 0 Å². The summed E-state index contributed by atoms with van der Waals surface area (Å²) in [5.41, 5.74) is 21.2. The molecule has 9 aromatic carbocycles. The summed E-state index contributed by atoms with van der Waals surface area (Å²) in [5.74, 6) is 0. The van der Waals surface area contributed by atoms with Gasteiger partial charge in [0.15, 0.2) is 0 Å². The third kappa shape index (κ3) is 4.88. The van der Waals surface area contributed by atoms with Gasteiger partial charge in [0.05, 0.1) is 22.4 Å². The van der Waals surface area contributed by atoms with Gasteiger partial charge < -0.3 is 0 Å². The molecule has 0 radical (unpaired) electrons.